The van der Waals surface area contributed by atoms with Crippen LogP contribution in [0.15, 0.2) is 54.6 Å². The molecule has 1 aliphatic rings. The molecule has 4 aromatic rings. The molecule has 36 heavy (non-hydrogen) atoms. The van der Waals surface area contributed by atoms with Crippen molar-refractivity contribution >= 4 is 45.6 Å². The number of imide groups is 1. The maximum atomic E-state index is 12.7. The third-order valence-electron chi connectivity index (χ3n) is 6.62. The molecule has 0 saturated carbocycles. The van der Waals surface area contributed by atoms with E-state index in [1.807, 2.05) is 61.9 Å². The molecular formula is C28H23N2O6+. The lowest BCUT2D eigenvalue weighted by Crippen LogP contribution is -2.32. The summed E-state index contributed by atoms with van der Waals surface area (Å²) in [6.07, 6.45) is 0.0322. The number of aromatic nitrogens is 1. The molecule has 2 amide bonds. The van der Waals surface area contributed by atoms with Crippen LogP contribution in [-0.2, 0) is 21.5 Å². The fourth-order valence-corrected chi connectivity index (χ4v) is 5.05. The number of carboxylic acid groups (broad SMARTS) is 1. The molecule has 1 saturated heterocycles. The summed E-state index contributed by atoms with van der Waals surface area (Å²) in [5, 5.41) is 12.0. The molecule has 1 aromatic heterocycles. The summed E-state index contributed by atoms with van der Waals surface area (Å²) >= 11 is 0. The number of aryl methyl sites for hydroxylation is 3. The maximum Gasteiger partial charge on any atom is 0.363 e. The van der Waals surface area contributed by atoms with E-state index in [4.69, 9.17) is 4.84 Å². The van der Waals surface area contributed by atoms with E-state index in [1.165, 1.54) is 0 Å². The van der Waals surface area contributed by atoms with Crippen LogP contribution in [0.4, 0.5) is 0 Å². The first-order valence-electron chi connectivity index (χ1n) is 11.5. The van der Waals surface area contributed by atoms with Gasteiger partial charge in [-0.3, -0.25) is 9.59 Å². The highest BCUT2D eigenvalue weighted by atomic mass is 16.7. The molecule has 0 unspecified atom stereocenters. The second-order valence-electron chi connectivity index (χ2n) is 8.90. The fraction of sp³-hybridized carbons (Fsp3) is 0.179. The average molecular weight is 484 g/mol. The van der Waals surface area contributed by atoms with Crippen molar-refractivity contribution in [2.75, 3.05) is 0 Å². The molecule has 0 spiro atoms. The van der Waals surface area contributed by atoms with Gasteiger partial charge in [-0.05, 0) is 54.3 Å². The van der Waals surface area contributed by atoms with Crippen LogP contribution in [0.25, 0.3) is 32.9 Å². The predicted molar refractivity (Wildman–Crippen MR) is 131 cm³/mol. The number of rotatable bonds is 4. The molecule has 1 N–H and O–H groups in total. The Bertz CT molecular complexity index is 1600. The van der Waals surface area contributed by atoms with Crippen molar-refractivity contribution in [2.45, 2.75) is 26.7 Å². The largest absolute Gasteiger partial charge is 0.478 e. The van der Waals surface area contributed by atoms with Crippen LogP contribution in [0.1, 0.15) is 44.7 Å². The van der Waals surface area contributed by atoms with Gasteiger partial charge in [0, 0.05) is 25.0 Å². The van der Waals surface area contributed by atoms with E-state index < -0.39 is 23.8 Å². The van der Waals surface area contributed by atoms with E-state index in [2.05, 4.69) is 0 Å². The number of para-hydroxylation sites is 1. The van der Waals surface area contributed by atoms with Gasteiger partial charge in [0.05, 0.1) is 21.9 Å². The van der Waals surface area contributed by atoms with E-state index in [1.54, 1.807) is 18.2 Å². The molecule has 0 aliphatic carbocycles. The Kier molecular flexibility index (Phi) is 5.51. The van der Waals surface area contributed by atoms with Crippen molar-refractivity contribution in [1.29, 1.82) is 0 Å². The van der Waals surface area contributed by atoms with E-state index >= 15 is 0 Å². The second kappa shape index (κ2) is 8.57. The Morgan fingerprint density at radius 3 is 2.17 bits per heavy atom. The van der Waals surface area contributed by atoms with Crippen LogP contribution in [0.5, 0.6) is 0 Å². The fourth-order valence-electron chi connectivity index (χ4n) is 5.05. The minimum Gasteiger partial charge on any atom is -0.478 e. The number of hydroxylamine groups is 2. The van der Waals surface area contributed by atoms with Crippen molar-refractivity contribution < 1.29 is 33.7 Å². The molecule has 3 aromatic carbocycles. The number of aromatic carboxylic acids is 1. The van der Waals surface area contributed by atoms with Crippen molar-refractivity contribution in [3.8, 4) is 11.1 Å². The van der Waals surface area contributed by atoms with Gasteiger partial charge in [-0.2, -0.15) is 4.57 Å². The van der Waals surface area contributed by atoms with E-state index in [0.717, 1.165) is 33.3 Å². The molecule has 2 heterocycles. The lowest BCUT2D eigenvalue weighted by atomic mass is 9.88. The number of fused-ring (bicyclic) bond motifs is 2. The number of benzene rings is 3. The molecule has 180 valence electrons. The topological polar surface area (TPSA) is 105 Å². The second-order valence-corrected chi connectivity index (χ2v) is 8.90. The number of carbonyl (C=O) groups is 4. The third kappa shape index (κ3) is 3.58. The van der Waals surface area contributed by atoms with Gasteiger partial charge < -0.3 is 9.94 Å². The molecule has 1 aliphatic heterocycles. The highest BCUT2D eigenvalue weighted by Crippen LogP contribution is 2.37. The quantitative estimate of drug-likeness (QED) is 0.267. The SMILES string of the molecule is Cc1cc(C(=O)ON2C(=O)CCC2=O)cc(C)c1-c1cccc2c1c(C(=O)O)c1ccccc1[n+]2C. The van der Waals surface area contributed by atoms with E-state index in [-0.39, 0.29) is 24.0 Å². The van der Waals surface area contributed by atoms with Gasteiger partial charge in [-0.15, -0.1) is 5.06 Å². The Hall–Kier alpha value is -4.59. The van der Waals surface area contributed by atoms with Gasteiger partial charge >= 0.3 is 11.9 Å². The van der Waals surface area contributed by atoms with Crippen LogP contribution >= 0.6 is 0 Å². The van der Waals surface area contributed by atoms with Gasteiger partial charge in [0.15, 0.2) is 0 Å². The smallest absolute Gasteiger partial charge is 0.363 e. The summed E-state index contributed by atoms with van der Waals surface area (Å²) in [6.45, 7) is 3.65. The Morgan fingerprint density at radius 2 is 1.53 bits per heavy atom. The minimum absolute atomic E-state index is 0.0161. The minimum atomic E-state index is -1.03. The highest BCUT2D eigenvalue weighted by Gasteiger charge is 2.33. The Labute approximate surface area is 206 Å². The Morgan fingerprint density at radius 1 is 0.917 bits per heavy atom. The van der Waals surface area contributed by atoms with Gasteiger partial charge in [0.2, 0.25) is 11.0 Å². The first-order valence-corrected chi connectivity index (χ1v) is 11.5. The molecule has 8 heteroatoms. The lowest BCUT2D eigenvalue weighted by molar-refractivity contribution is -0.617. The van der Waals surface area contributed by atoms with Gasteiger partial charge in [0.1, 0.15) is 7.05 Å². The predicted octanol–water partition coefficient (Wildman–Crippen LogP) is 4.02. The summed E-state index contributed by atoms with van der Waals surface area (Å²) in [7, 11) is 1.90. The summed E-state index contributed by atoms with van der Waals surface area (Å²) in [5.74, 6) is -2.93. The number of hydrogen-bond acceptors (Lipinski definition) is 5. The maximum absolute atomic E-state index is 12.7. The van der Waals surface area contributed by atoms with E-state index in [9.17, 15) is 24.3 Å². The van der Waals surface area contributed by atoms with Gasteiger partial charge in [-0.25, -0.2) is 9.59 Å². The summed E-state index contributed by atoms with van der Waals surface area (Å²) < 4.78 is 1.97. The normalized spacial score (nSPS) is 13.6. The zero-order chi connectivity index (χ0) is 25.7. The molecule has 0 bridgehead atoms. The van der Waals surface area contributed by atoms with Crippen LogP contribution in [0, 0.1) is 13.8 Å². The highest BCUT2D eigenvalue weighted by molar-refractivity contribution is 6.16. The lowest BCUT2D eigenvalue weighted by Gasteiger charge is -2.17. The van der Waals surface area contributed by atoms with Crippen LogP contribution < -0.4 is 4.57 Å². The summed E-state index contributed by atoms with van der Waals surface area (Å²) in [6, 6.07) is 16.3. The number of hydrogen-bond donors (Lipinski definition) is 1. The summed E-state index contributed by atoms with van der Waals surface area (Å²) in [5.41, 5.74) is 4.93. The first-order chi connectivity index (χ1) is 17.2. The van der Waals surface area contributed by atoms with Crippen molar-refractivity contribution in [3.05, 3.63) is 76.9 Å². The van der Waals surface area contributed by atoms with Crippen molar-refractivity contribution in [1.82, 2.24) is 5.06 Å². The van der Waals surface area contributed by atoms with E-state index in [0.29, 0.717) is 15.8 Å². The monoisotopic (exact) mass is 483 g/mol. The number of carbonyl (C=O) groups excluding carboxylic acids is 3. The molecular weight excluding hydrogens is 460 g/mol. The van der Waals surface area contributed by atoms with Crippen LogP contribution in [0.2, 0.25) is 0 Å². The molecule has 5 rings (SSSR count). The molecule has 0 atom stereocenters. The molecule has 0 radical (unpaired) electrons. The summed E-state index contributed by atoms with van der Waals surface area (Å²) in [4.78, 5) is 54.0. The zero-order valence-electron chi connectivity index (χ0n) is 20.0. The number of amides is 2. The van der Waals surface area contributed by atoms with Crippen LogP contribution in [0.3, 0.4) is 0 Å². The molecule has 8 nitrogen and oxygen atoms in total. The molecule has 1 fully saturated rings. The Balaban J connectivity index is 1.69. The number of nitrogens with zero attached hydrogens (tertiary/aromatic N) is 2. The number of pyridine rings is 1. The van der Waals surface area contributed by atoms with Gasteiger partial charge in [-0.1, -0.05) is 24.3 Å². The van der Waals surface area contributed by atoms with Crippen molar-refractivity contribution in [3.63, 3.8) is 0 Å². The zero-order valence-corrected chi connectivity index (χ0v) is 20.0. The van der Waals surface area contributed by atoms with Gasteiger partial charge in [0.25, 0.3) is 11.8 Å². The average Bonchev–Trinajstić information content (AvgIpc) is 3.16. The number of carboxylic acids is 1. The first kappa shape index (κ1) is 23.2. The van der Waals surface area contributed by atoms with Crippen LogP contribution in [-0.4, -0.2) is 33.9 Å². The van der Waals surface area contributed by atoms with Crippen molar-refractivity contribution in [2.24, 2.45) is 7.05 Å². The standard InChI is InChI=1S/C28H22N2O6/c1-15-13-17(28(35)36-30-22(31)11-12-23(30)32)14-16(2)24(15)19-8-6-10-21-25(19)26(27(33)34)18-7-4-5-9-20(18)29(21)3/h4-10,13-14H,11-12H2,1-3H3/p+1. The third-order valence-corrected chi connectivity index (χ3v) is 6.62.